The summed E-state index contributed by atoms with van der Waals surface area (Å²) >= 11 is 0. The van der Waals surface area contributed by atoms with Gasteiger partial charge in [-0.25, -0.2) is 4.79 Å². The molecule has 0 unspecified atom stereocenters. The first-order valence-corrected chi connectivity index (χ1v) is 10.9. The van der Waals surface area contributed by atoms with Gasteiger partial charge in [-0.15, -0.1) is 0 Å². The molecule has 0 aromatic heterocycles. The van der Waals surface area contributed by atoms with Crippen molar-refractivity contribution >= 4 is 5.97 Å². The number of carbonyl (C=O) groups is 1. The summed E-state index contributed by atoms with van der Waals surface area (Å²) in [5, 5.41) is 80.3. The fourth-order valence-corrected chi connectivity index (χ4v) is 4.39. The maximum Gasteiger partial charge on any atom is 0.339 e. The third kappa shape index (κ3) is 4.36. The van der Waals surface area contributed by atoms with Gasteiger partial charge < -0.3 is 59.8 Å². The monoisotopic (exact) mass is 510 g/mol. The standard InChI is InChI=1S/C23H26O13/c1-33-12-4-8(2-3-10(12)25)15-14(7-34-23-21(31)20(30)18(28)13(6-24)36-23)35-22(32)9-5-11(26)17(27)19(29)16(9)15/h2-5,13-15,18,20-21,23-31H,6-7H2,1H3/t13-,14-,15-,18-,20+,21-,23-/m1/s1. The van der Waals surface area contributed by atoms with Gasteiger partial charge in [0.1, 0.15) is 30.5 Å². The minimum atomic E-state index is -1.71. The van der Waals surface area contributed by atoms with Crippen LogP contribution in [0.2, 0.25) is 0 Å². The first kappa shape index (κ1) is 25.8. The average molecular weight is 510 g/mol. The number of ether oxygens (including phenoxy) is 4. The number of phenols is 4. The minimum absolute atomic E-state index is 0.0574. The van der Waals surface area contributed by atoms with Gasteiger partial charge in [-0.2, -0.15) is 0 Å². The van der Waals surface area contributed by atoms with Gasteiger partial charge in [0, 0.05) is 5.56 Å². The van der Waals surface area contributed by atoms with Crippen LogP contribution in [0.5, 0.6) is 28.7 Å². The van der Waals surface area contributed by atoms with Gasteiger partial charge in [-0.3, -0.25) is 0 Å². The van der Waals surface area contributed by atoms with Crippen LogP contribution in [-0.4, -0.2) is 104 Å². The zero-order chi connectivity index (χ0) is 26.3. The molecule has 2 aliphatic rings. The highest BCUT2D eigenvalue weighted by Crippen LogP contribution is 2.49. The smallest absolute Gasteiger partial charge is 0.339 e. The first-order valence-electron chi connectivity index (χ1n) is 10.9. The van der Waals surface area contributed by atoms with Gasteiger partial charge in [0.15, 0.2) is 29.3 Å². The van der Waals surface area contributed by atoms with E-state index in [0.717, 1.165) is 6.07 Å². The van der Waals surface area contributed by atoms with Gasteiger partial charge in [0.25, 0.3) is 0 Å². The van der Waals surface area contributed by atoms with Crippen LogP contribution < -0.4 is 4.74 Å². The van der Waals surface area contributed by atoms with E-state index in [9.17, 15) is 45.6 Å². The number of esters is 1. The number of cyclic esters (lactones) is 1. The number of fused-ring (bicyclic) bond motifs is 1. The van der Waals surface area contributed by atoms with Gasteiger partial charge in [-0.05, 0) is 23.8 Å². The topological polar surface area (TPSA) is 216 Å². The summed E-state index contributed by atoms with van der Waals surface area (Å²) in [5.74, 6) is -4.53. The molecule has 8 N–H and O–H groups in total. The van der Waals surface area contributed by atoms with Gasteiger partial charge in [-0.1, -0.05) is 6.07 Å². The molecule has 0 bridgehead atoms. The Bertz CT molecular complexity index is 1130. The molecule has 2 aliphatic heterocycles. The Morgan fingerprint density at radius 3 is 2.31 bits per heavy atom. The molecule has 196 valence electrons. The van der Waals surface area contributed by atoms with Crippen LogP contribution in [0.25, 0.3) is 0 Å². The summed E-state index contributed by atoms with van der Waals surface area (Å²) in [4.78, 5) is 12.7. The Balaban J connectivity index is 1.73. The van der Waals surface area contributed by atoms with E-state index in [2.05, 4.69) is 0 Å². The second-order valence-electron chi connectivity index (χ2n) is 8.44. The molecular formula is C23H26O13. The Labute approximate surface area is 203 Å². The highest BCUT2D eigenvalue weighted by molar-refractivity contribution is 5.95. The van der Waals surface area contributed by atoms with E-state index in [1.54, 1.807) is 0 Å². The molecule has 36 heavy (non-hydrogen) atoms. The Morgan fingerprint density at radius 1 is 0.917 bits per heavy atom. The number of aromatic hydroxyl groups is 4. The highest BCUT2D eigenvalue weighted by atomic mass is 16.7. The summed E-state index contributed by atoms with van der Waals surface area (Å²) in [7, 11) is 1.31. The first-order chi connectivity index (χ1) is 17.1. The molecular weight excluding hydrogens is 484 g/mol. The van der Waals surface area contributed by atoms with Crippen molar-refractivity contribution in [2.45, 2.75) is 42.7 Å². The Hall–Kier alpha value is -3.33. The maximum absolute atomic E-state index is 12.7. The molecule has 0 amide bonds. The summed E-state index contributed by atoms with van der Waals surface area (Å²) in [5.41, 5.74) is 0.0156. The second-order valence-corrected chi connectivity index (χ2v) is 8.44. The number of rotatable bonds is 6. The van der Waals surface area contributed by atoms with Crippen LogP contribution in [-0.2, 0) is 14.2 Å². The lowest BCUT2D eigenvalue weighted by Crippen LogP contribution is -2.59. The van der Waals surface area contributed by atoms with Crippen molar-refractivity contribution in [1.82, 2.24) is 0 Å². The summed E-state index contributed by atoms with van der Waals surface area (Å²) in [6.07, 6.45) is -9.00. The fraction of sp³-hybridized carbons (Fsp3) is 0.435. The van der Waals surface area contributed by atoms with E-state index in [1.165, 1.54) is 25.3 Å². The average Bonchev–Trinajstić information content (AvgIpc) is 2.86. The van der Waals surface area contributed by atoms with Crippen molar-refractivity contribution in [2.75, 3.05) is 20.3 Å². The number of aliphatic hydroxyl groups is 4. The van der Waals surface area contributed by atoms with Crippen LogP contribution >= 0.6 is 0 Å². The number of phenolic OH excluding ortho intramolecular Hbond substituents is 4. The molecule has 1 fully saturated rings. The van der Waals surface area contributed by atoms with Gasteiger partial charge >= 0.3 is 5.97 Å². The van der Waals surface area contributed by atoms with Crippen LogP contribution in [0.4, 0.5) is 0 Å². The molecule has 0 radical (unpaired) electrons. The molecule has 0 saturated carbocycles. The summed E-state index contributed by atoms with van der Waals surface area (Å²) in [6.45, 7) is -1.16. The third-order valence-electron chi connectivity index (χ3n) is 6.29. The lowest BCUT2D eigenvalue weighted by molar-refractivity contribution is -0.304. The molecule has 0 spiro atoms. The van der Waals surface area contributed by atoms with Crippen molar-refractivity contribution in [3.8, 4) is 28.7 Å². The molecule has 4 rings (SSSR count). The molecule has 2 aromatic carbocycles. The minimum Gasteiger partial charge on any atom is -0.504 e. The van der Waals surface area contributed by atoms with Crippen LogP contribution in [0, 0.1) is 0 Å². The number of hydrogen-bond acceptors (Lipinski definition) is 13. The molecule has 13 nitrogen and oxygen atoms in total. The van der Waals surface area contributed by atoms with E-state index in [4.69, 9.17) is 18.9 Å². The SMILES string of the molecule is COc1cc([C@H]2c3c(cc(O)c(O)c3O)C(=O)O[C@@H]2CO[C@@H]2O[C@H](CO)[C@@H](O)[C@H](O)[C@H]2O)ccc1O. The van der Waals surface area contributed by atoms with Crippen molar-refractivity contribution in [3.05, 3.63) is 41.0 Å². The van der Waals surface area contributed by atoms with E-state index in [0.29, 0.717) is 5.56 Å². The normalized spacial score (nSPS) is 29.9. The molecule has 7 atom stereocenters. The molecule has 2 heterocycles. The highest BCUT2D eigenvalue weighted by Gasteiger charge is 2.46. The number of carbonyl (C=O) groups excluding carboxylic acids is 1. The zero-order valence-electron chi connectivity index (χ0n) is 18.9. The van der Waals surface area contributed by atoms with E-state index < -0.39 is 79.2 Å². The molecule has 0 aliphatic carbocycles. The van der Waals surface area contributed by atoms with E-state index in [-0.39, 0.29) is 22.6 Å². The predicted molar refractivity (Wildman–Crippen MR) is 117 cm³/mol. The molecule has 1 saturated heterocycles. The lowest BCUT2D eigenvalue weighted by Gasteiger charge is -2.40. The molecule has 13 heteroatoms. The third-order valence-corrected chi connectivity index (χ3v) is 6.29. The summed E-state index contributed by atoms with van der Waals surface area (Å²) in [6, 6.07) is 5.10. The number of aliphatic hydroxyl groups excluding tert-OH is 4. The van der Waals surface area contributed by atoms with Gasteiger partial charge in [0.05, 0.1) is 31.8 Å². The Kier molecular flexibility index (Phi) is 7.13. The predicted octanol–water partition coefficient (Wildman–Crippen LogP) is -0.995. The summed E-state index contributed by atoms with van der Waals surface area (Å²) < 4.78 is 21.5. The Morgan fingerprint density at radius 2 is 1.64 bits per heavy atom. The van der Waals surface area contributed by atoms with E-state index >= 15 is 0 Å². The number of methoxy groups -OCH3 is 1. The lowest BCUT2D eigenvalue weighted by atomic mass is 9.81. The van der Waals surface area contributed by atoms with Crippen LogP contribution in [0.3, 0.4) is 0 Å². The van der Waals surface area contributed by atoms with Crippen molar-refractivity contribution in [3.63, 3.8) is 0 Å². The van der Waals surface area contributed by atoms with Crippen LogP contribution in [0.1, 0.15) is 27.4 Å². The van der Waals surface area contributed by atoms with Crippen molar-refractivity contribution < 1.29 is 64.6 Å². The van der Waals surface area contributed by atoms with Crippen molar-refractivity contribution in [2.24, 2.45) is 0 Å². The maximum atomic E-state index is 12.7. The largest absolute Gasteiger partial charge is 0.504 e. The number of hydrogen-bond donors (Lipinski definition) is 8. The fourth-order valence-electron chi connectivity index (χ4n) is 4.39. The van der Waals surface area contributed by atoms with Gasteiger partial charge in [0.2, 0.25) is 5.75 Å². The van der Waals surface area contributed by atoms with Crippen LogP contribution in [0.15, 0.2) is 24.3 Å². The second kappa shape index (κ2) is 9.97. The molecule has 2 aromatic rings. The van der Waals surface area contributed by atoms with Crippen molar-refractivity contribution in [1.29, 1.82) is 0 Å². The van der Waals surface area contributed by atoms with E-state index in [1.807, 2.05) is 0 Å². The number of benzene rings is 2. The zero-order valence-corrected chi connectivity index (χ0v) is 18.9. The quantitative estimate of drug-likeness (QED) is 0.173.